The van der Waals surface area contributed by atoms with Crippen LogP contribution in [0.2, 0.25) is 0 Å². The summed E-state index contributed by atoms with van der Waals surface area (Å²) in [6, 6.07) is 0. The van der Waals surface area contributed by atoms with Crippen LogP contribution in [0.25, 0.3) is 0 Å². The Kier molecular flexibility index (Phi) is 2.61. The predicted molar refractivity (Wildman–Crippen MR) is 73.5 cm³/mol. The summed E-state index contributed by atoms with van der Waals surface area (Å²) in [5, 5.41) is 9.66. The minimum Gasteiger partial charge on any atom is -0.508 e. The van der Waals surface area contributed by atoms with Gasteiger partial charge in [0.05, 0.1) is 0 Å². The molecule has 4 aliphatic carbocycles. The van der Waals surface area contributed by atoms with E-state index in [1.165, 1.54) is 19.3 Å². The summed E-state index contributed by atoms with van der Waals surface area (Å²) < 4.78 is 0. The van der Waals surface area contributed by atoms with Gasteiger partial charge in [-0.05, 0) is 73.8 Å². The van der Waals surface area contributed by atoms with E-state index in [0.29, 0.717) is 35.2 Å². The fourth-order valence-electron chi connectivity index (χ4n) is 5.49. The maximum atomic E-state index is 12.0. The summed E-state index contributed by atoms with van der Waals surface area (Å²) >= 11 is 0. The minimum absolute atomic E-state index is 0.398. The molecule has 4 aliphatic rings. The van der Waals surface area contributed by atoms with Gasteiger partial charge in [0.1, 0.15) is 11.5 Å². The second-order valence-corrected chi connectivity index (χ2v) is 6.95. The van der Waals surface area contributed by atoms with Crippen molar-refractivity contribution in [2.75, 3.05) is 0 Å². The summed E-state index contributed by atoms with van der Waals surface area (Å²) in [7, 11) is 0. The lowest BCUT2D eigenvalue weighted by Crippen LogP contribution is -2.42. The lowest BCUT2D eigenvalue weighted by Gasteiger charge is -2.49. The van der Waals surface area contributed by atoms with Crippen LogP contribution in [0.15, 0.2) is 24.0 Å². The van der Waals surface area contributed by atoms with Gasteiger partial charge in [-0.3, -0.25) is 4.79 Å². The molecule has 0 radical (unpaired) electrons. The molecule has 6 atom stereocenters. The standard InChI is InChI=1S/C17H22O2/c18-11-2-4-12-10(9-11)1-3-14-13(12)5-6-16-15(14)7-8-17(16)19/h2,4,9-10,12-16,18H,1,3,5-8H2. The molecular formula is C17H22O2. The highest BCUT2D eigenvalue weighted by Crippen LogP contribution is 2.55. The Morgan fingerprint density at radius 2 is 1.84 bits per heavy atom. The number of aliphatic hydroxyl groups is 1. The number of carbonyl (C=O) groups excluding carboxylic acids is 1. The molecule has 1 N–H and O–H groups in total. The van der Waals surface area contributed by atoms with Crippen molar-refractivity contribution in [3.8, 4) is 0 Å². The monoisotopic (exact) mass is 258 g/mol. The van der Waals surface area contributed by atoms with Crippen LogP contribution < -0.4 is 0 Å². The Hall–Kier alpha value is -1.05. The van der Waals surface area contributed by atoms with Crippen LogP contribution >= 0.6 is 0 Å². The zero-order valence-corrected chi connectivity index (χ0v) is 11.3. The van der Waals surface area contributed by atoms with Crippen molar-refractivity contribution in [2.45, 2.75) is 38.5 Å². The molecule has 0 heterocycles. The van der Waals surface area contributed by atoms with Crippen LogP contribution in [-0.2, 0) is 4.79 Å². The molecule has 2 heteroatoms. The van der Waals surface area contributed by atoms with Crippen molar-refractivity contribution in [3.63, 3.8) is 0 Å². The molecule has 0 aromatic carbocycles. The number of fused-ring (bicyclic) bond motifs is 5. The van der Waals surface area contributed by atoms with Crippen molar-refractivity contribution in [1.82, 2.24) is 0 Å². The summed E-state index contributed by atoms with van der Waals surface area (Å²) in [5.74, 6) is 4.75. The third-order valence-electron chi connectivity index (χ3n) is 6.26. The lowest BCUT2D eigenvalue weighted by molar-refractivity contribution is -0.123. The van der Waals surface area contributed by atoms with E-state index in [1.807, 2.05) is 6.08 Å². The Morgan fingerprint density at radius 3 is 2.74 bits per heavy atom. The second kappa shape index (κ2) is 4.22. The Morgan fingerprint density at radius 1 is 1.00 bits per heavy atom. The maximum Gasteiger partial charge on any atom is 0.136 e. The van der Waals surface area contributed by atoms with Gasteiger partial charge in [-0.25, -0.2) is 0 Å². The first-order valence-corrected chi connectivity index (χ1v) is 7.86. The van der Waals surface area contributed by atoms with Gasteiger partial charge in [-0.15, -0.1) is 0 Å². The largest absolute Gasteiger partial charge is 0.508 e. The summed E-state index contributed by atoms with van der Waals surface area (Å²) in [5.41, 5.74) is 0. The van der Waals surface area contributed by atoms with Gasteiger partial charge in [0.2, 0.25) is 0 Å². The van der Waals surface area contributed by atoms with Crippen molar-refractivity contribution in [2.24, 2.45) is 35.5 Å². The smallest absolute Gasteiger partial charge is 0.136 e. The van der Waals surface area contributed by atoms with Gasteiger partial charge in [-0.1, -0.05) is 6.08 Å². The molecule has 0 aliphatic heterocycles. The number of rotatable bonds is 0. The quantitative estimate of drug-likeness (QED) is 0.720. The first-order valence-electron chi connectivity index (χ1n) is 7.86. The number of Topliss-reactive ketones (excluding diaryl/α,β-unsaturated/α-hetero) is 1. The van der Waals surface area contributed by atoms with E-state index < -0.39 is 0 Å². The molecule has 3 fully saturated rings. The highest BCUT2D eigenvalue weighted by Gasteiger charge is 2.50. The van der Waals surface area contributed by atoms with E-state index >= 15 is 0 Å². The average Bonchev–Trinajstić information content (AvgIpc) is 2.80. The van der Waals surface area contributed by atoms with Gasteiger partial charge >= 0.3 is 0 Å². The SMILES string of the molecule is O=C1CCC2C1CCC1C3C=CC(O)=CC3CCC21. The van der Waals surface area contributed by atoms with E-state index in [0.717, 1.165) is 31.1 Å². The van der Waals surface area contributed by atoms with Gasteiger partial charge in [0.25, 0.3) is 0 Å². The molecule has 6 unspecified atom stereocenters. The molecule has 0 saturated heterocycles. The molecule has 3 saturated carbocycles. The van der Waals surface area contributed by atoms with Crippen LogP contribution in [0, 0.1) is 35.5 Å². The maximum absolute atomic E-state index is 12.0. The van der Waals surface area contributed by atoms with Crippen LogP contribution in [0.3, 0.4) is 0 Å². The zero-order chi connectivity index (χ0) is 13.0. The molecule has 0 bridgehead atoms. The third-order valence-corrected chi connectivity index (χ3v) is 6.26. The van der Waals surface area contributed by atoms with E-state index in [1.54, 1.807) is 0 Å². The van der Waals surface area contributed by atoms with Crippen molar-refractivity contribution >= 4 is 5.78 Å². The molecule has 0 spiro atoms. The fraction of sp³-hybridized carbons (Fsp3) is 0.706. The fourth-order valence-corrected chi connectivity index (χ4v) is 5.49. The Bertz CT molecular complexity index is 462. The number of carbonyl (C=O) groups is 1. The van der Waals surface area contributed by atoms with Crippen LogP contribution in [0.4, 0.5) is 0 Å². The zero-order valence-electron chi connectivity index (χ0n) is 11.3. The van der Waals surface area contributed by atoms with Crippen LogP contribution in [0.1, 0.15) is 38.5 Å². The average molecular weight is 258 g/mol. The molecule has 4 rings (SSSR count). The van der Waals surface area contributed by atoms with Crippen LogP contribution in [-0.4, -0.2) is 10.9 Å². The number of hydrogen-bond acceptors (Lipinski definition) is 2. The minimum atomic E-state index is 0.398. The highest BCUT2D eigenvalue weighted by molar-refractivity contribution is 5.83. The molecule has 2 nitrogen and oxygen atoms in total. The molecule has 0 aromatic heterocycles. The van der Waals surface area contributed by atoms with Crippen molar-refractivity contribution in [1.29, 1.82) is 0 Å². The summed E-state index contributed by atoms with van der Waals surface area (Å²) in [6.07, 6.45) is 13.0. The summed E-state index contributed by atoms with van der Waals surface area (Å²) in [6.45, 7) is 0. The predicted octanol–water partition coefficient (Wildman–Crippen LogP) is 3.65. The summed E-state index contributed by atoms with van der Waals surface area (Å²) in [4.78, 5) is 12.0. The topological polar surface area (TPSA) is 37.3 Å². The third kappa shape index (κ3) is 1.72. The van der Waals surface area contributed by atoms with E-state index in [2.05, 4.69) is 12.2 Å². The Labute approximate surface area is 114 Å². The molecule has 0 aromatic rings. The van der Waals surface area contributed by atoms with Gasteiger partial charge in [0, 0.05) is 12.3 Å². The van der Waals surface area contributed by atoms with Gasteiger partial charge < -0.3 is 5.11 Å². The highest BCUT2D eigenvalue weighted by atomic mass is 16.3. The first kappa shape index (κ1) is 11.7. The van der Waals surface area contributed by atoms with E-state index in [4.69, 9.17) is 0 Å². The van der Waals surface area contributed by atoms with Crippen molar-refractivity contribution in [3.05, 3.63) is 24.0 Å². The number of ketones is 1. The molecule has 102 valence electrons. The number of hydrogen-bond donors (Lipinski definition) is 1. The van der Waals surface area contributed by atoms with Crippen LogP contribution in [0.5, 0.6) is 0 Å². The van der Waals surface area contributed by atoms with Crippen molar-refractivity contribution < 1.29 is 9.90 Å². The normalized spacial score (nSPS) is 48.2. The molecule has 0 amide bonds. The first-order chi connectivity index (χ1) is 9.24. The number of aliphatic hydroxyl groups excluding tert-OH is 1. The van der Waals surface area contributed by atoms with E-state index in [-0.39, 0.29) is 0 Å². The Balaban J connectivity index is 1.60. The second-order valence-electron chi connectivity index (χ2n) is 6.95. The molecule has 19 heavy (non-hydrogen) atoms. The van der Waals surface area contributed by atoms with Gasteiger partial charge in [0.15, 0.2) is 0 Å². The van der Waals surface area contributed by atoms with Gasteiger partial charge in [-0.2, -0.15) is 0 Å². The number of allylic oxidation sites excluding steroid dienone is 3. The molecular weight excluding hydrogens is 236 g/mol. The lowest BCUT2D eigenvalue weighted by atomic mass is 9.56. The van der Waals surface area contributed by atoms with E-state index in [9.17, 15) is 9.90 Å².